The van der Waals surface area contributed by atoms with E-state index in [4.69, 9.17) is 0 Å². The van der Waals surface area contributed by atoms with Crippen molar-refractivity contribution < 1.29 is 0 Å². The van der Waals surface area contributed by atoms with Gasteiger partial charge in [-0.1, -0.05) is 146 Å². The SMILES string of the molecule is c1ccc2cc(-c3c4ccccc4c(-c4ccc5cc(-c6c7ccccc7c(-c7ccc8ccccc8c7)c7ccncc67)ccc5c4)c4cnccc34)ccc2c1. The molecule has 0 aliphatic carbocycles. The zero-order chi connectivity index (χ0) is 38.2. The summed E-state index contributed by atoms with van der Waals surface area (Å²) in [7, 11) is 0. The molecule has 0 atom stereocenters. The fraction of sp³-hybridized carbons (Fsp3) is 0. The Morgan fingerprint density at radius 1 is 0.224 bits per heavy atom. The fourth-order valence-corrected chi connectivity index (χ4v) is 9.53. The van der Waals surface area contributed by atoms with Crippen molar-refractivity contribution in [2.24, 2.45) is 0 Å². The van der Waals surface area contributed by atoms with Crippen LogP contribution in [0.25, 0.3) is 120 Å². The number of benzene rings is 10. The molecule has 2 nitrogen and oxygen atoms in total. The molecule has 0 aliphatic heterocycles. The number of hydrogen-bond donors (Lipinski definition) is 0. The molecule has 268 valence electrons. The van der Waals surface area contributed by atoms with Gasteiger partial charge in [0.2, 0.25) is 0 Å². The molecule has 2 heterocycles. The predicted molar refractivity (Wildman–Crippen MR) is 246 cm³/mol. The molecule has 0 spiro atoms. The second kappa shape index (κ2) is 12.9. The molecule has 10 aromatic carbocycles. The van der Waals surface area contributed by atoms with Crippen LogP contribution in [0.2, 0.25) is 0 Å². The molecular weight excluding hydrogens is 701 g/mol. The summed E-state index contributed by atoms with van der Waals surface area (Å²) < 4.78 is 0. The standard InChI is InChI=1S/C56H34N2/c1-3-11-37-29-41(21-17-35(37)9-1)53-45-13-5-7-15-47(45)55(51-33-57-27-25-49(51)53)43-23-19-40-32-44(24-20-39(40)31-43)56-48-16-8-6-14-46(48)54(50-26-28-58-34-52(50)56)42-22-18-36-10-2-4-12-38(36)30-42/h1-34H. The third kappa shape index (κ3) is 5.05. The minimum atomic E-state index is 1.15. The van der Waals surface area contributed by atoms with Crippen LogP contribution >= 0.6 is 0 Å². The van der Waals surface area contributed by atoms with Gasteiger partial charge in [-0.25, -0.2) is 0 Å². The van der Waals surface area contributed by atoms with Gasteiger partial charge in [0.05, 0.1) is 0 Å². The Hall–Kier alpha value is -7.68. The molecule has 12 aromatic rings. The Balaban J connectivity index is 1.03. The second-order valence-corrected chi connectivity index (χ2v) is 15.3. The van der Waals surface area contributed by atoms with Crippen LogP contribution in [0.3, 0.4) is 0 Å². The van der Waals surface area contributed by atoms with Crippen molar-refractivity contribution in [2.75, 3.05) is 0 Å². The average Bonchev–Trinajstić information content (AvgIpc) is 3.29. The third-order valence-corrected chi connectivity index (χ3v) is 12.1. The highest BCUT2D eigenvalue weighted by Crippen LogP contribution is 2.46. The van der Waals surface area contributed by atoms with Crippen LogP contribution in [0.15, 0.2) is 207 Å². The summed E-state index contributed by atoms with van der Waals surface area (Å²) in [4.78, 5) is 9.36. The topological polar surface area (TPSA) is 25.8 Å². The number of rotatable bonds is 4. The first-order valence-corrected chi connectivity index (χ1v) is 19.9. The molecule has 0 saturated carbocycles. The summed E-state index contributed by atoms with van der Waals surface area (Å²) in [6.45, 7) is 0. The normalized spacial score (nSPS) is 11.8. The van der Waals surface area contributed by atoms with Crippen LogP contribution in [-0.4, -0.2) is 9.97 Å². The minimum Gasteiger partial charge on any atom is -0.264 e. The van der Waals surface area contributed by atoms with E-state index in [2.05, 4.69) is 192 Å². The lowest BCUT2D eigenvalue weighted by Crippen LogP contribution is -1.92. The van der Waals surface area contributed by atoms with Gasteiger partial charge < -0.3 is 0 Å². The van der Waals surface area contributed by atoms with Crippen LogP contribution in [0.1, 0.15) is 0 Å². The number of nitrogens with zero attached hydrogens (tertiary/aromatic N) is 2. The summed E-state index contributed by atoms with van der Waals surface area (Å²) in [5, 5.41) is 17.0. The van der Waals surface area contributed by atoms with Gasteiger partial charge in [-0.05, 0) is 146 Å². The van der Waals surface area contributed by atoms with E-state index >= 15 is 0 Å². The highest BCUT2D eigenvalue weighted by atomic mass is 14.6. The molecule has 0 unspecified atom stereocenters. The lowest BCUT2D eigenvalue weighted by Gasteiger charge is -2.19. The van der Waals surface area contributed by atoms with Crippen LogP contribution in [0, 0.1) is 0 Å². The van der Waals surface area contributed by atoms with Crippen molar-refractivity contribution >= 4 is 75.4 Å². The molecule has 0 fully saturated rings. The summed E-state index contributed by atoms with van der Waals surface area (Å²) >= 11 is 0. The van der Waals surface area contributed by atoms with Crippen molar-refractivity contribution in [2.45, 2.75) is 0 Å². The predicted octanol–water partition coefficient (Wildman–Crippen LogP) is 15.2. The Labute approximate surface area is 335 Å². The maximum absolute atomic E-state index is 4.68. The second-order valence-electron chi connectivity index (χ2n) is 15.3. The van der Waals surface area contributed by atoms with Crippen LogP contribution in [0.5, 0.6) is 0 Å². The molecule has 0 aliphatic rings. The molecular formula is C56H34N2. The van der Waals surface area contributed by atoms with Crippen molar-refractivity contribution in [3.63, 3.8) is 0 Å². The van der Waals surface area contributed by atoms with E-state index in [1.807, 2.05) is 24.8 Å². The third-order valence-electron chi connectivity index (χ3n) is 12.1. The van der Waals surface area contributed by atoms with E-state index in [-0.39, 0.29) is 0 Å². The molecule has 0 N–H and O–H groups in total. The Kier molecular flexibility index (Phi) is 7.26. The van der Waals surface area contributed by atoms with Gasteiger partial charge in [-0.15, -0.1) is 0 Å². The van der Waals surface area contributed by atoms with E-state index in [9.17, 15) is 0 Å². The van der Waals surface area contributed by atoms with E-state index in [1.54, 1.807) is 0 Å². The summed E-state index contributed by atoms with van der Waals surface area (Å²) in [5.74, 6) is 0. The van der Waals surface area contributed by atoms with E-state index in [0.717, 1.165) is 10.8 Å². The van der Waals surface area contributed by atoms with Gasteiger partial charge in [-0.3, -0.25) is 9.97 Å². The average molecular weight is 735 g/mol. The summed E-state index contributed by atoms with van der Waals surface area (Å²) in [5.41, 5.74) is 9.69. The maximum Gasteiger partial charge on any atom is 0.0353 e. The minimum absolute atomic E-state index is 1.15. The zero-order valence-corrected chi connectivity index (χ0v) is 31.5. The smallest absolute Gasteiger partial charge is 0.0353 e. The van der Waals surface area contributed by atoms with E-state index < -0.39 is 0 Å². The van der Waals surface area contributed by atoms with Gasteiger partial charge in [0.1, 0.15) is 0 Å². The number of fused-ring (bicyclic) bond motifs is 7. The van der Waals surface area contributed by atoms with Crippen LogP contribution in [-0.2, 0) is 0 Å². The zero-order valence-electron chi connectivity index (χ0n) is 31.5. The quantitative estimate of drug-likeness (QED) is 0.168. The fourth-order valence-electron chi connectivity index (χ4n) is 9.53. The first-order valence-electron chi connectivity index (χ1n) is 19.9. The molecule has 2 heteroatoms. The monoisotopic (exact) mass is 734 g/mol. The van der Waals surface area contributed by atoms with Crippen LogP contribution in [0.4, 0.5) is 0 Å². The Morgan fingerprint density at radius 3 is 0.879 bits per heavy atom. The van der Waals surface area contributed by atoms with Crippen molar-refractivity contribution in [1.82, 2.24) is 9.97 Å². The van der Waals surface area contributed by atoms with Gasteiger partial charge in [-0.2, -0.15) is 0 Å². The molecule has 0 saturated heterocycles. The first kappa shape index (κ1) is 32.6. The first-order chi connectivity index (χ1) is 28.8. The largest absolute Gasteiger partial charge is 0.264 e. The molecule has 2 aromatic heterocycles. The van der Waals surface area contributed by atoms with Crippen LogP contribution < -0.4 is 0 Å². The molecule has 0 radical (unpaired) electrons. The molecule has 58 heavy (non-hydrogen) atoms. The summed E-state index contributed by atoms with van der Waals surface area (Å²) in [6, 6.07) is 66.7. The number of hydrogen-bond acceptors (Lipinski definition) is 2. The lowest BCUT2D eigenvalue weighted by molar-refractivity contribution is 1.37. The van der Waals surface area contributed by atoms with Crippen molar-refractivity contribution in [3.05, 3.63) is 207 Å². The van der Waals surface area contributed by atoms with Crippen molar-refractivity contribution in [1.29, 1.82) is 0 Å². The van der Waals surface area contributed by atoms with Gasteiger partial charge in [0, 0.05) is 35.6 Å². The van der Waals surface area contributed by atoms with Gasteiger partial charge in [0.25, 0.3) is 0 Å². The maximum atomic E-state index is 4.68. The lowest BCUT2D eigenvalue weighted by atomic mass is 9.85. The van der Waals surface area contributed by atoms with E-state index in [0.29, 0.717) is 0 Å². The summed E-state index contributed by atoms with van der Waals surface area (Å²) in [6.07, 6.45) is 7.93. The number of aromatic nitrogens is 2. The Morgan fingerprint density at radius 2 is 0.500 bits per heavy atom. The van der Waals surface area contributed by atoms with Crippen molar-refractivity contribution in [3.8, 4) is 44.5 Å². The number of pyridine rings is 2. The van der Waals surface area contributed by atoms with E-state index in [1.165, 1.54) is 109 Å². The Bertz CT molecular complexity index is 3280. The molecule has 0 bridgehead atoms. The van der Waals surface area contributed by atoms with Gasteiger partial charge in [0.15, 0.2) is 0 Å². The van der Waals surface area contributed by atoms with Gasteiger partial charge >= 0.3 is 0 Å². The highest BCUT2D eigenvalue weighted by molar-refractivity contribution is 6.23. The molecule has 12 rings (SSSR count). The molecule has 0 amide bonds. The highest BCUT2D eigenvalue weighted by Gasteiger charge is 2.20.